The van der Waals surface area contributed by atoms with Gasteiger partial charge in [-0.25, -0.2) is 4.79 Å². The first-order valence-corrected chi connectivity index (χ1v) is 5.82. The molecular formula is C14H13NO5. The van der Waals surface area contributed by atoms with Gasteiger partial charge in [0.1, 0.15) is 5.75 Å². The predicted molar refractivity (Wildman–Crippen MR) is 70.9 cm³/mol. The maximum Gasteiger partial charge on any atom is 0.374 e. The first-order valence-electron chi connectivity index (χ1n) is 5.82. The number of amides is 1. The zero-order valence-electron chi connectivity index (χ0n) is 11.0. The number of rotatable bonds is 4. The molecule has 6 heteroatoms. The summed E-state index contributed by atoms with van der Waals surface area (Å²) < 4.78 is 15.1. The number of anilines is 1. The average molecular weight is 275 g/mol. The van der Waals surface area contributed by atoms with Crippen LogP contribution < -0.4 is 10.1 Å². The van der Waals surface area contributed by atoms with Crippen molar-refractivity contribution in [3.8, 4) is 11.7 Å². The Morgan fingerprint density at radius 2 is 1.80 bits per heavy atom. The highest BCUT2D eigenvalue weighted by Gasteiger charge is 2.12. The molecule has 6 nitrogen and oxygen atoms in total. The molecule has 1 aromatic heterocycles. The summed E-state index contributed by atoms with van der Waals surface area (Å²) in [6.07, 6.45) is 0. The van der Waals surface area contributed by atoms with Crippen molar-refractivity contribution in [1.29, 1.82) is 0 Å². The fourth-order valence-corrected chi connectivity index (χ4v) is 1.51. The van der Waals surface area contributed by atoms with Crippen molar-refractivity contribution in [2.45, 2.75) is 6.92 Å². The highest BCUT2D eigenvalue weighted by atomic mass is 16.6. The minimum absolute atomic E-state index is 0.0670. The molecule has 104 valence electrons. The van der Waals surface area contributed by atoms with Crippen molar-refractivity contribution in [1.82, 2.24) is 0 Å². The summed E-state index contributed by atoms with van der Waals surface area (Å²) in [7, 11) is 1.27. The number of methoxy groups -OCH3 is 1. The molecule has 0 aliphatic rings. The number of carbonyl (C=O) groups excluding carboxylic acids is 2. The predicted octanol–water partition coefficient (Wildman–Crippen LogP) is 2.82. The Kier molecular flexibility index (Phi) is 4.05. The molecule has 0 aliphatic heterocycles. The fraction of sp³-hybridized carbons (Fsp3) is 0.143. The molecule has 1 heterocycles. The quantitative estimate of drug-likeness (QED) is 0.868. The van der Waals surface area contributed by atoms with Crippen LogP contribution in [0, 0.1) is 0 Å². The molecule has 0 saturated heterocycles. The van der Waals surface area contributed by atoms with E-state index in [1.54, 1.807) is 24.3 Å². The number of esters is 1. The van der Waals surface area contributed by atoms with E-state index in [1.807, 2.05) is 0 Å². The molecule has 20 heavy (non-hydrogen) atoms. The second kappa shape index (κ2) is 5.92. The minimum atomic E-state index is -0.569. The summed E-state index contributed by atoms with van der Waals surface area (Å²) in [5, 5.41) is 2.64. The van der Waals surface area contributed by atoms with Gasteiger partial charge in [-0.2, -0.15) is 0 Å². The third-order valence-corrected chi connectivity index (χ3v) is 2.36. The molecule has 0 bridgehead atoms. The van der Waals surface area contributed by atoms with Gasteiger partial charge in [0, 0.05) is 18.7 Å². The van der Waals surface area contributed by atoms with E-state index in [4.69, 9.17) is 9.15 Å². The van der Waals surface area contributed by atoms with Crippen LogP contribution in [0.2, 0.25) is 0 Å². The molecule has 0 unspecified atom stereocenters. The Morgan fingerprint density at radius 1 is 1.10 bits per heavy atom. The van der Waals surface area contributed by atoms with E-state index < -0.39 is 5.97 Å². The molecule has 0 fully saturated rings. The lowest BCUT2D eigenvalue weighted by atomic mass is 10.3. The van der Waals surface area contributed by atoms with Crippen molar-refractivity contribution >= 4 is 17.6 Å². The highest BCUT2D eigenvalue weighted by molar-refractivity contribution is 5.88. The van der Waals surface area contributed by atoms with Crippen molar-refractivity contribution in [2.24, 2.45) is 0 Å². The van der Waals surface area contributed by atoms with Gasteiger partial charge >= 0.3 is 5.97 Å². The Labute approximate surface area is 115 Å². The van der Waals surface area contributed by atoms with E-state index >= 15 is 0 Å². The van der Waals surface area contributed by atoms with Gasteiger partial charge in [0.05, 0.1) is 7.11 Å². The highest BCUT2D eigenvalue weighted by Crippen LogP contribution is 2.25. The van der Waals surface area contributed by atoms with E-state index in [0.717, 1.165) is 0 Å². The normalized spacial score (nSPS) is 9.90. The van der Waals surface area contributed by atoms with Gasteiger partial charge in [0.2, 0.25) is 11.7 Å². The average Bonchev–Trinajstić information content (AvgIpc) is 2.88. The van der Waals surface area contributed by atoms with Gasteiger partial charge in [0.15, 0.2) is 0 Å². The Morgan fingerprint density at radius 3 is 2.40 bits per heavy atom. The second-order valence-electron chi connectivity index (χ2n) is 3.92. The SMILES string of the molecule is COC(=O)c1ccc(Oc2ccc(NC(C)=O)cc2)o1. The Bertz CT molecular complexity index is 615. The van der Waals surface area contributed by atoms with Gasteiger partial charge in [-0.1, -0.05) is 0 Å². The number of hydrogen-bond donors (Lipinski definition) is 1. The van der Waals surface area contributed by atoms with Crippen molar-refractivity contribution in [2.75, 3.05) is 12.4 Å². The molecule has 0 atom stereocenters. The summed E-state index contributed by atoms with van der Waals surface area (Å²) in [5.74, 6) is 0.0493. The number of nitrogens with one attached hydrogen (secondary N) is 1. The third-order valence-electron chi connectivity index (χ3n) is 2.36. The Balaban J connectivity index is 2.04. The van der Waals surface area contributed by atoms with Crippen LogP contribution in [0.3, 0.4) is 0 Å². The van der Waals surface area contributed by atoms with Gasteiger partial charge in [-0.05, 0) is 30.3 Å². The number of ether oxygens (including phenoxy) is 2. The molecule has 1 aromatic carbocycles. The maximum atomic E-state index is 11.2. The van der Waals surface area contributed by atoms with Crippen molar-refractivity contribution < 1.29 is 23.5 Å². The molecule has 0 radical (unpaired) electrons. The molecular weight excluding hydrogens is 262 g/mol. The number of benzene rings is 1. The van der Waals surface area contributed by atoms with Crippen molar-refractivity contribution in [3.63, 3.8) is 0 Å². The van der Waals surface area contributed by atoms with Crippen LogP contribution in [-0.4, -0.2) is 19.0 Å². The van der Waals surface area contributed by atoms with Crippen LogP contribution in [0.1, 0.15) is 17.5 Å². The van der Waals surface area contributed by atoms with Crippen molar-refractivity contribution in [3.05, 3.63) is 42.2 Å². The summed E-state index contributed by atoms with van der Waals surface area (Å²) in [6, 6.07) is 9.72. The summed E-state index contributed by atoms with van der Waals surface area (Å²) in [5.41, 5.74) is 0.666. The van der Waals surface area contributed by atoms with E-state index in [-0.39, 0.29) is 17.6 Å². The number of hydrogen-bond acceptors (Lipinski definition) is 5. The first kappa shape index (κ1) is 13.7. The minimum Gasteiger partial charge on any atom is -0.463 e. The summed E-state index contributed by atoms with van der Waals surface area (Å²) in [6.45, 7) is 1.43. The summed E-state index contributed by atoms with van der Waals surface area (Å²) >= 11 is 0. The zero-order valence-corrected chi connectivity index (χ0v) is 11.0. The maximum absolute atomic E-state index is 11.2. The van der Waals surface area contributed by atoms with Crippen LogP contribution in [-0.2, 0) is 9.53 Å². The lowest BCUT2D eigenvalue weighted by Gasteiger charge is -2.04. The third kappa shape index (κ3) is 3.38. The van der Waals surface area contributed by atoms with Crippen LogP contribution in [0.5, 0.6) is 11.7 Å². The number of carbonyl (C=O) groups is 2. The molecule has 0 aliphatic carbocycles. The molecule has 1 amide bonds. The van der Waals surface area contributed by atoms with Gasteiger partial charge < -0.3 is 19.2 Å². The fourth-order valence-electron chi connectivity index (χ4n) is 1.51. The molecule has 0 spiro atoms. The van der Waals surface area contributed by atoms with E-state index in [1.165, 1.54) is 26.2 Å². The van der Waals surface area contributed by atoms with Crippen LogP contribution in [0.15, 0.2) is 40.8 Å². The van der Waals surface area contributed by atoms with Crippen LogP contribution in [0.4, 0.5) is 5.69 Å². The second-order valence-corrected chi connectivity index (χ2v) is 3.92. The van der Waals surface area contributed by atoms with E-state index in [0.29, 0.717) is 11.4 Å². The van der Waals surface area contributed by atoms with Gasteiger partial charge in [-0.15, -0.1) is 0 Å². The molecule has 2 aromatic rings. The van der Waals surface area contributed by atoms with Gasteiger partial charge in [0.25, 0.3) is 5.95 Å². The zero-order chi connectivity index (χ0) is 14.5. The molecule has 0 saturated carbocycles. The lowest BCUT2D eigenvalue weighted by Crippen LogP contribution is -2.05. The van der Waals surface area contributed by atoms with Crippen LogP contribution >= 0.6 is 0 Å². The smallest absolute Gasteiger partial charge is 0.374 e. The Hall–Kier alpha value is -2.76. The topological polar surface area (TPSA) is 77.8 Å². The summed E-state index contributed by atoms with van der Waals surface area (Å²) in [4.78, 5) is 22.1. The van der Waals surface area contributed by atoms with E-state index in [2.05, 4.69) is 10.1 Å². The standard InChI is InChI=1S/C14H13NO5/c1-9(16)15-10-3-5-11(6-4-10)19-13-8-7-12(20-13)14(17)18-2/h3-8H,1-2H3,(H,15,16). The molecule has 2 rings (SSSR count). The lowest BCUT2D eigenvalue weighted by molar-refractivity contribution is -0.114. The van der Waals surface area contributed by atoms with Gasteiger partial charge in [-0.3, -0.25) is 4.79 Å². The van der Waals surface area contributed by atoms with Crippen LogP contribution in [0.25, 0.3) is 0 Å². The molecule has 1 N–H and O–H groups in total. The monoisotopic (exact) mass is 275 g/mol. The largest absolute Gasteiger partial charge is 0.463 e. The first-order chi connectivity index (χ1) is 9.58. The van der Waals surface area contributed by atoms with E-state index in [9.17, 15) is 9.59 Å². The number of furan rings is 1.